The molecule has 2 aliphatic heterocycles. The summed E-state index contributed by atoms with van der Waals surface area (Å²) >= 11 is 0. The zero-order valence-corrected chi connectivity index (χ0v) is 14.0. The van der Waals surface area contributed by atoms with Crippen LogP contribution in [0.4, 0.5) is 0 Å². The van der Waals surface area contributed by atoms with Gasteiger partial charge in [-0.2, -0.15) is 0 Å². The van der Waals surface area contributed by atoms with E-state index in [4.69, 9.17) is 0 Å². The van der Waals surface area contributed by atoms with Crippen LogP contribution in [0.5, 0.6) is 0 Å². The van der Waals surface area contributed by atoms with Crippen molar-refractivity contribution in [2.75, 3.05) is 5.75 Å². The third kappa shape index (κ3) is 3.23. The molecule has 0 atom stereocenters. The van der Waals surface area contributed by atoms with Crippen LogP contribution in [0.3, 0.4) is 0 Å². The largest absolute Gasteiger partial charge is 0.224 e. The standard InChI is InChI=1S/C9H10O2S.C8H6O2S/c10-12(11)7-3-5-8-4-1-2-6-9(8)12;9-11(10)6-5-7-3-1-2-4-8(7)11/h1-2,4,6H,3,5,7H2;1-6H. The molecule has 2 heterocycles. The van der Waals surface area contributed by atoms with Crippen LogP contribution >= 0.6 is 0 Å². The summed E-state index contributed by atoms with van der Waals surface area (Å²) < 4.78 is 45.3. The molecule has 0 aromatic heterocycles. The fraction of sp³-hybridized carbons (Fsp3) is 0.176. The first-order valence-electron chi connectivity index (χ1n) is 7.23. The molecule has 0 bridgehead atoms. The number of rotatable bonds is 0. The number of fused-ring (bicyclic) bond motifs is 2. The number of aryl methyl sites for hydroxylation is 1. The van der Waals surface area contributed by atoms with Crippen LogP contribution in [-0.4, -0.2) is 22.6 Å². The van der Waals surface area contributed by atoms with Gasteiger partial charge in [0.05, 0.1) is 15.5 Å². The Balaban J connectivity index is 0.000000136. The Morgan fingerprint density at radius 1 is 0.783 bits per heavy atom. The lowest BCUT2D eigenvalue weighted by atomic mass is 10.1. The zero-order chi connectivity index (χ0) is 16.5. The summed E-state index contributed by atoms with van der Waals surface area (Å²) in [7, 11) is -6.03. The SMILES string of the molecule is O=S1(=O)C=Cc2ccccc21.O=S1(=O)CCCc2ccccc21. The maximum absolute atomic E-state index is 11.5. The molecule has 0 unspecified atom stereocenters. The maximum Gasteiger partial charge on any atom is 0.200 e. The molecule has 0 spiro atoms. The van der Waals surface area contributed by atoms with Crippen LogP contribution in [0.25, 0.3) is 6.08 Å². The van der Waals surface area contributed by atoms with Gasteiger partial charge in [0, 0.05) is 5.41 Å². The van der Waals surface area contributed by atoms with Gasteiger partial charge in [0.15, 0.2) is 19.7 Å². The molecular weight excluding hydrogens is 332 g/mol. The lowest BCUT2D eigenvalue weighted by Crippen LogP contribution is -2.15. The van der Waals surface area contributed by atoms with Crippen LogP contribution in [0.2, 0.25) is 0 Å². The molecule has 0 amide bonds. The van der Waals surface area contributed by atoms with Crippen LogP contribution < -0.4 is 0 Å². The second-order valence-corrected chi connectivity index (χ2v) is 9.30. The third-order valence-electron chi connectivity index (χ3n) is 3.82. The van der Waals surface area contributed by atoms with Gasteiger partial charge >= 0.3 is 0 Å². The van der Waals surface area contributed by atoms with Crippen molar-refractivity contribution in [2.45, 2.75) is 22.6 Å². The van der Waals surface area contributed by atoms with E-state index >= 15 is 0 Å². The summed E-state index contributed by atoms with van der Waals surface area (Å²) in [4.78, 5) is 0.955. The predicted molar refractivity (Wildman–Crippen MR) is 89.5 cm³/mol. The normalized spacial score (nSPS) is 19.1. The molecule has 2 aliphatic rings. The maximum atomic E-state index is 11.5. The molecule has 2 aromatic rings. The highest BCUT2D eigenvalue weighted by molar-refractivity contribution is 7.94. The van der Waals surface area contributed by atoms with E-state index in [-0.39, 0.29) is 0 Å². The van der Waals surface area contributed by atoms with E-state index in [0.717, 1.165) is 24.0 Å². The van der Waals surface area contributed by atoms with E-state index in [1.54, 1.807) is 36.4 Å². The Kier molecular flexibility index (Phi) is 4.12. The average molecular weight is 348 g/mol. The monoisotopic (exact) mass is 348 g/mol. The number of hydrogen-bond donors (Lipinski definition) is 0. The molecule has 2 aromatic carbocycles. The molecule has 0 fully saturated rings. The molecule has 0 saturated heterocycles. The first-order chi connectivity index (χ1) is 10.9. The fourth-order valence-electron chi connectivity index (χ4n) is 2.69. The zero-order valence-electron chi connectivity index (χ0n) is 12.3. The van der Waals surface area contributed by atoms with Gasteiger partial charge < -0.3 is 0 Å². The van der Waals surface area contributed by atoms with Crippen molar-refractivity contribution >= 4 is 25.8 Å². The molecule has 4 nitrogen and oxygen atoms in total. The van der Waals surface area contributed by atoms with Crippen LogP contribution in [0, 0.1) is 0 Å². The van der Waals surface area contributed by atoms with Gasteiger partial charge in [-0.05, 0) is 42.2 Å². The Labute approximate surface area is 136 Å². The van der Waals surface area contributed by atoms with Crippen molar-refractivity contribution in [3.05, 3.63) is 65.1 Å². The van der Waals surface area contributed by atoms with Crippen LogP contribution in [0.15, 0.2) is 63.7 Å². The average Bonchev–Trinajstić information content (AvgIpc) is 2.84. The first kappa shape index (κ1) is 16.0. The van der Waals surface area contributed by atoms with Crippen molar-refractivity contribution in [3.8, 4) is 0 Å². The van der Waals surface area contributed by atoms with Crippen molar-refractivity contribution in [2.24, 2.45) is 0 Å². The van der Waals surface area contributed by atoms with Gasteiger partial charge in [-0.15, -0.1) is 0 Å². The minimum atomic E-state index is -3.09. The van der Waals surface area contributed by atoms with Gasteiger partial charge in [0.1, 0.15) is 0 Å². The highest BCUT2D eigenvalue weighted by Crippen LogP contribution is 2.25. The topological polar surface area (TPSA) is 68.3 Å². The van der Waals surface area contributed by atoms with Gasteiger partial charge in [0.2, 0.25) is 0 Å². The second kappa shape index (κ2) is 5.94. The summed E-state index contributed by atoms with van der Waals surface area (Å²) in [5, 5.41) is 1.23. The minimum Gasteiger partial charge on any atom is -0.224 e. The third-order valence-corrected chi connectivity index (χ3v) is 7.19. The molecule has 6 heteroatoms. The molecule has 4 rings (SSSR count). The predicted octanol–water partition coefficient (Wildman–Crippen LogP) is 2.85. The van der Waals surface area contributed by atoms with Crippen molar-refractivity contribution < 1.29 is 16.8 Å². The molecule has 23 heavy (non-hydrogen) atoms. The van der Waals surface area contributed by atoms with Crippen molar-refractivity contribution in [1.29, 1.82) is 0 Å². The van der Waals surface area contributed by atoms with Gasteiger partial charge in [-0.1, -0.05) is 36.4 Å². The van der Waals surface area contributed by atoms with E-state index in [1.165, 1.54) is 5.41 Å². The lowest BCUT2D eigenvalue weighted by molar-refractivity contribution is 0.586. The molecular formula is C17H16O4S2. The molecule has 0 radical (unpaired) electrons. The smallest absolute Gasteiger partial charge is 0.200 e. The summed E-state index contributed by atoms with van der Waals surface area (Å²) in [5.74, 6) is 0.310. The first-order valence-corrected chi connectivity index (χ1v) is 10.4. The van der Waals surface area contributed by atoms with E-state index < -0.39 is 19.7 Å². The Bertz CT molecular complexity index is 971. The van der Waals surface area contributed by atoms with Crippen molar-refractivity contribution in [3.63, 3.8) is 0 Å². The van der Waals surface area contributed by atoms with Crippen LogP contribution in [-0.2, 0) is 26.1 Å². The quantitative estimate of drug-likeness (QED) is 0.734. The molecule has 0 aliphatic carbocycles. The number of sulfone groups is 2. The molecule has 0 saturated carbocycles. The highest BCUT2D eigenvalue weighted by Gasteiger charge is 2.22. The molecule has 0 N–H and O–H groups in total. The van der Waals surface area contributed by atoms with Crippen LogP contribution in [0.1, 0.15) is 17.5 Å². The second-order valence-electron chi connectivity index (χ2n) is 5.42. The Hall–Kier alpha value is -1.92. The van der Waals surface area contributed by atoms with E-state index in [1.807, 2.05) is 18.2 Å². The number of benzene rings is 2. The van der Waals surface area contributed by atoms with E-state index in [0.29, 0.717) is 15.5 Å². The number of hydrogen-bond acceptors (Lipinski definition) is 4. The molecule has 120 valence electrons. The fourth-order valence-corrected chi connectivity index (χ4v) is 5.49. The van der Waals surface area contributed by atoms with E-state index in [9.17, 15) is 16.8 Å². The minimum absolute atomic E-state index is 0.310. The Morgan fingerprint density at radius 2 is 1.43 bits per heavy atom. The van der Waals surface area contributed by atoms with Gasteiger partial charge in [0.25, 0.3) is 0 Å². The van der Waals surface area contributed by atoms with Crippen molar-refractivity contribution in [1.82, 2.24) is 0 Å². The van der Waals surface area contributed by atoms with Gasteiger partial charge in [-0.3, -0.25) is 0 Å². The summed E-state index contributed by atoms with van der Waals surface area (Å²) in [6, 6.07) is 14.2. The summed E-state index contributed by atoms with van der Waals surface area (Å²) in [6.45, 7) is 0. The Morgan fingerprint density at radius 3 is 2.13 bits per heavy atom. The highest BCUT2D eigenvalue weighted by atomic mass is 32.2. The van der Waals surface area contributed by atoms with E-state index in [2.05, 4.69) is 0 Å². The summed E-state index contributed by atoms with van der Waals surface area (Å²) in [5.41, 5.74) is 1.76. The lowest BCUT2D eigenvalue weighted by Gasteiger charge is -2.14. The summed E-state index contributed by atoms with van der Waals surface area (Å²) in [6.07, 6.45) is 3.28. The van der Waals surface area contributed by atoms with Gasteiger partial charge in [-0.25, -0.2) is 16.8 Å².